The molecule has 0 saturated carbocycles. The minimum atomic E-state index is 0.819. The standard InChI is InChI=1S/C8H15N.C7H13N.3C2H6/c1-3-4-8-5-6-9(2)7-8;1-3-7-4-5-8(2)6-7;3*1-2/h5-6,8H,3-4,7H2,1-2H3;4-5,7H,3,6H2,1-2H3;3*1-2H3. The van der Waals surface area contributed by atoms with Crippen LogP contribution < -0.4 is 0 Å². The van der Waals surface area contributed by atoms with Crippen LogP contribution in [0.2, 0.25) is 0 Å². The van der Waals surface area contributed by atoms with Crippen LogP contribution in [0.3, 0.4) is 0 Å². The van der Waals surface area contributed by atoms with Crippen LogP contribution in [0.25, 0.3) is 0 Å². The second-order valence-electron chi connectivity index (χ2n) is 5.28. The fourth-order valence-electron chi connectivity index (χ4n) is 2.34. The lowest BCUT2D eigenvalue weighted by molar-refractivity contribution is 0.421. The molecule has 2 heterocycles. The van der Waals surface area contributed by atoms with Crippen molar-refractivity contribution >= 4 is 0 Å². The molecule has 0 aromatic heterocycles. The fourth-order valence-corrected chi connectivity index (χ4v) is 2.34. The molecule has 0 saturated heterocycles. The average molecular weight is 327 g/mol. The Hall–Kier alpha value is -0.920. The molecule has 2 nitrogen and oxygen atoms in total. The first-order valence-corrected chi connectivity index (χ1v) is 9.92. The fraction of sp³-hybridized carbons (Fsp3) is 0.810. The molecule has 0 aromatic rings. The Labute approximate surface area is 148 Å². The smallest absolute Gasteiger partial charge is 0.0232 e. The molecule has 0 amide bonds. The molecule has 0 aromatic carbocycles. The van der Waals surface area contributed by atoms with Crippen molar-refractivity contribution in [2.75, 3.05) is 27.2 Å². The summed E-state index contributed by atoms with van der Waals surface area (Å²) in [6.45, 7) is 18.9. The summed E-state index contributed by atoms with van der Waals surface area (Å²) in [7, 11) is 4.25. The highest BCUT2D eigenvalue weighted by Gasteiger charge is 2.10. The SMILES string of the molecule is CC.CC.CC.CCC1C=CN(C)C1.CCCC1C=CN(C)C1. The van der Waals surface area contributed by atoms with E-state index < -0.39 is 0 Å². The van der Waals surface area contributed by atoms with Crippen LogP contribution in [0.1, 0.15) is 74.7 Å². The zero-order chi connectivity index (χ0) is 18.7. The molecular weight excluding hydrogens is 280 g/mol. The maximum atomic E-state index is 2.31. The van der Waals surface area contributed by atoms with E-state index in [9.17, 15) is 0 Å². The number of hydrogen-bond acceptors (Lipinski definition) is 2. The average Bonchev–Trinajstić information content (AvgIpc) is 3.22. The number of nitrogens with zero attached hydrogens (tertiary/aromatic N) is 2. The lowest BCUT2D eigenvalue weighted by Gasteiger charge is -2.10. The molecule has 0 N–H and O–H groups in total. The maximum absolute atomic E-state index is 2.31. The van der Waals surface area contributed by atoms with E-state index in [0.29, 0.717) is 0 Å². The molecule has 2 aliphatic heterocycles. The van der Waals surface area contributed by atoms with E-state index >= 15 is 0 Å². The molecule has 0 aliphatic carbocycles. The van der Waals surface area contributed by atoms with E-state index in [-0.39, 0.29) is 0 Å². The highest BCUT2D eigenvalue weighted by atomic mass is 15.1. The molecule has 2 aliphatic rings. The summed E-state index contributed by atoms with van der Waals surface area (Å²) in [6.07, 6.45) is 12.9. The van der Waals surface area contributed by atoms with Gasteiger partial charge in [-0.25, -0.2) is 0 Å². The molecular formula is C21H46N2. The quantitative estimate of drug-likeness (QED) is 0.591. The van der Waals surface area contributed by atoms with Gasteiger partial charge in [-0.2, -0.15) is 0 Å². The molecule has 140 valence electrons. The first-order valence-electron chi connectivity index (χ1n) is 9.92. The largest absolute Gasteiger partial charge is 0.380 e. The second-order valence-corrected chi connectivity index (χ2v) is 5.28. The van der Waals surface area contributed by atoms with E-state index in [1.165, 1.54) is 32.4 Å². The van der Waals surface area contributed by atoms with E-state index in [4.69, 9.17) is 0 Å². The van der Waals surface area contributed by atoms with Crippen molar-refractivity contribution in [3.05, 3.63) is 24.6 Å². The molecule has 2 rings (SSSR count). The Morgan fingerprint density at radius 1 is 0.739 bits per heavy atom. The predicted molar refractivity (Wildman–Crippen MR) is 110 cm³/mol. The summed E-state index contributed by atoms with van der Waals surface area (Å²) < 4.78 is 0. The molecule has 2 atom stereocenters. The van der Waals surface area contributed by atoms with Crippen molar-refractivity contribution in [1.82, 2.24) is 9.80 Å². The van der Waals surface area contributed by atoms with Crippen molar-refractivity contribution in [3.8, 4) is 0 Å². The Kier molecular flexibility index (Phi) is 24.7. The number of rotatable bonds is 3. The molecule has 23 heavy (non-hydrogen) atoms. The van der Waals surface area contributed by atoms with Crippen LogP contribution in [0, 0.1) is 11.8 Å². The van der Waals surface area contributed by atoms with Gasteiger partial charge in [0.25, 0.3) is 0 Å². The normalized spacial score (nSPS) is 20.3. The van der Waals surface area contributed by atoms with Crippen LogP contribution in [-0.2, 0) is 0 Å². The van der Waals surface area contributed by atoms with E-state index in [1.807, 2.05) is 41.5 Å². The van der Waals surface area contributed by atoms with Crippen LogP contribution in [0.5, 0.6) is 0 Å². The summed E-state index contributed by atoms with van der Waals surface area (Å²) in [4.78, 5) is 4.48. The molecule has 2 unspecified atom stereocenters. The van der Waals surface area contributed by atoms with Gasteiger partial charge in [-0.15, -0.1) is 0 Å². The van der Waals surface area contributed by atoms with E-state index in [2.05, 4.69) is 62.3 Å². The van der Waals surface area contributed by atoms with Crippen LogP contribution in [0.4, 0.5) is 0 Å². The summed E-state index contributed by atoms with van der Waals surface area (Å²) in [5, 5.41) is 0. The topological polar surface area (TPSA) is 6.48 Å². The highest BCUT2D eigenvalue weighted by Crippen LogP contribution is 2.15. The third-order valence-electron chi connectivity index (χ3n) is 3.45. The van der Waals surface area contributed by atoms with Gasteiger partial charge in [0.05, 0.1) is 0 Å². The highest BCUT2D eigenvalue weighted by molar-refractivity contribution is 4.96. The summed E-state index contributed by atoms with van der Waals surface area (Å²) in [5.41, 5.74) is 0. The van der Waals surface area contributed by atoms with Crippen LogP contribution in [-0.4, -0.2) is 37.0 Å². The first-order chi connectivity index (χ1) is 11.2. The van der Waals surface area contributed by atoms with Gasteiger partial charge in [0.15, 0.2) is 0 Å². The first kappa shape index (κ1) is 27.0. The minimum Gasteiger partial charge on any atom is -0.380 e. The zero-order valence-electron chi connectivity index (χ0n) is 17.9. The Bertz CT molecular complexity index is 259. The van der Waals surface area contributed by atoms with Crippen molar-refractivity contribution in [2.24, 2.45) is 11.8 Å². The van der Waals surface area contributed by atoms with Crippen LogP contribution >= 0.6 is 0 Å². The Morgan fingerprint density at radius 3 is 1.35 bits per heavy atom. The third kappa shape index (κ3) is 15.7. The Morgan fingerprint density at radius 2 is 1.13 bits per heavy atom. The molecule has 0 bridgehead atoms. The lowest BCUT2D eigenvalue weighted by Crippen LogP contribution is -2.12. The maximum Gasteiger partial charge on any atom is 0.0232 e. The summed E-state index contributed by atoms with van der Waals surface area (Å²) in [6, 6.07) is 0. The van der Waals surface area contributed by atoms with Gasteiger partial charge in [0.1, 0.15) is 0 Å². The Balaban J connectivity index is -0.000000264. The van der Waals surface area contributed by atoms with Crippen molar-refractivity contribution in [3.63, 3.8) is 0 Å². The van der Waals surface area contributed by atoms with Gasteiger partial charge < -0.3 is 9.80 Å². The number of hydrogen-bond donors (Lipinski definition) is 0. The molecule has 0 radical (unpaired) electrons. The summed E-state index contributed by atoms with van der Waals surface area (Å²) in [5.74, 6) is 1.65. The van der Waals surface area contributed by atoms with Crippen molar-refractivity contribution in [2.45, 2.75) is 74.7 Å². The lowest BCUT2D eigenvalue weighted by atomic mass is 10.1. The van der Waals surface area contributed by atoms with Gasteiger partial charge in [0, 0.05) is 27.2 Å². The zero-order valence-corrected chi connectivity index (χ0v) is 17.9. The van der Waals surface area contributed by atoms with Gasteiger partial charge in [-0.1, -0.05) is 74.0 Å². The van der Waals surface area contributed by atoms with Gasteiger partial charge >= 0.3 is 0 Å². The van der Waals surface area contributed by atoms with Gasteiger partial charge in [-0.3, -0.25) is 0 Å². The molecule has 2 heteroatoms. The molecule has 0 fully saturated rings. The van der Waals surface area contributed by atoms with Crippen LogP contribution in [0.15, 0.2) is 24.6 Å². The van der Waals surface area contributed by atoms with E-state index in [0.717, 1.165) is 11.8 Å². The van der Waals surface area contributed by atoms with Crippen molar-refractivity contribution in [1.29, 1.82) is 0 Å². The third-order valence-corrected chi connectivity index (χ3v) is 3.45. The minimum absolute atomic E-state index is 0.819. The van der Waals surface area contributed by atoms with Gasteiger partial charge in [-0.05, 0) is 37.1 Å². The monoisotopic (exact) mass is 326 g/mol. The molecule has 0 spiro atoms. The van der Waals surface area contributed by atoms with E-state index in [1.54, 1.807) is 0 Å². The summed E-state index contributed by atoms with van der Waals surface area (Å²) >= 11 is 0. The van der Waals surface area contributed by atoms with Gasteiger partial charge in [0.2, 0.25) is 0 Å². The predicted octanol–water partition coefficient (Wildman–Crippen LogP) is 6.41. The second kappa shape index (κ2) is 21.1. The van der Waals surface area contributed by atoms with Crippen molar-refractivity contribution < 1.29 is 0 Å².